The molecule has 0 fully saturated rings. The van der Waals surface area contributed by atoms with Gasteiger partial charge in [0.2, 0.25) is 0 Å². The third-order valence-electron chi connectivity index (χ3n) is 1.60. The van der Waals surface area contributed by atoms with Crippen molar-refractivity contribution in [3.05, 3.63) is 39.0 Å². The fraction of sp³-hybridized carbons (Fsp3) is 0. The molecule has 2 aromatic rings. The van der Waals surface area contributed by atoms with E-state index in [1.54, 1.807) is 0 Å². The van der Waals surface area contributed by atoms with Crippen LogP contribution in [0, 0.1) is 5.82 Å². The molecular weight excluding hydrogens is 177 g/mol. The standard InChI is InChI=1S/C7H4FN3O2/c8-3-1-9-2-4-5(3)6(12)11-7(13)10-4/h1-2H,(H2,10,11,12,13). The molecule has 5 nitrogen and oxygen atoms in total. The largest absolute Gasteiger partial charge is 0.326 e. The Kier molecular flexibility index (Phi) is 1.48. The van der Waals surface area contributed by atoms with Gasteiger partial charge in [-0.25, -0.2) is 9.18 Å². The number of halogens is 1. The number of fused-ring (bicyclic) bond motifs is 1. The summed E-state index contributed by atoms with van der Waals surface area (Å²) < 4.78 is 13.0. The normalized spacial score (nSPS) is 10.5. The highest BCUT2D eigenvalue weighted by Gasteiger charge is 2.05. The zero-order chi connectivity index (χ0) is 9.42. The molecule has 6 heteroatoms. The van der Waals surface area contributed by atoms with Crippen LogP contribution in [0.5, 0.6) is 0 Å². The van der Waals surface area contributed by atoms with Crippen molar-refractivity contribution in [2.75, 3.05) is 0 Å². The SMILES string of the molecule is O=c1[nH]c(=O)c2c(F)cncc2[nH]1. The minimum absolute atomic E-state index is 0.0914. The first-order valence-corrected chi connectivity index (χ1v) is 3.44. The summed E-state index contributed by atoms with van der Waals surface area (Å²) in [6, 6.07) is 0. The van der Waals surface area contributed by atoms with Gasteiger partial charge in [-0.1, -0.05) is 0 Å². The van der Waals surface area contributed by atoms with E-state index in [0.717, 1.165) is 6.20 Å². The van der Waals surface area contributed by atoms with E-state index in [9.17, 15) is 14.0 Å². The predicted molar refractivity (Wildman–Crippen MR) is 42.9 cm³/mol. The molecule has 0 aliphatic heterocycles. The van der Waals surface area contributed by atoms with Gasteiger partial charge in [-0.2, -0.15) is 0 Å². The zero-order valence-electron chi connectivity index (χ0n) is 6.30. The van der Waals surface area contributed by atoms with Gasteiger partial charge in [-0.3, -0.25) is 14.8 Å². The first kappa shape index (κ1) is 7.66. The number of nitrogens with zero attached hydrogens (tertiary/aromatic N) is 1. The van der Waals surface area contributed by atoms with Gasteiger partial charge < -0.3 is 4.98 Å². The van der Waals surface area contributed by atoms with Crippen molar-refractivity contribution >= 4 is 10.9 Å². The van der Waals surface area contributed by atoms with Crippen LogP contribution in [0.1, 0.15) is 0 Å². The Morgan fingerprint density at radius 3 is 2.77 bits per heavy atom. The average molecular weight is 181 g/mol. The third-order valence-corrected chi connectivity index (χ3v) is 1.60. The van der Waals surface area contributed by atoms with E-state index in [1.165, 1.54) is 6.20 Å². The van der Waals surface area contributed by atoms with Crippen LogP contribution < -0.4 is 11.2 Å². The topological polar surface area (TPSA) is 78.6 Å². The molecular formula is C7H4FN3O2. The van der Waals surface area contributed by atoms with E-state index < -0.39 is 17.1 Å². The summed E-state index contributed by atoms with van der Waals surface area (Å²) in [4.78, 5) is 29.5. The van der Waals surface area contributed by atoms with Gasteiger partial charge in [0.25, 0.3) is 5.56 Å². The molecule has 13 heavy (non-hydrogen) atoms. The molecule has 0 saturated heterocycles. The summed E-state index contributed by atoms with van der Waals surface area (Å²) in [5, 5.41) is -0.186. The second-order valence-electron chi connectivity index (χ2n) is 2.45. The number of hydrogen-bond donors (Lipinski definition) is 2. The van der Waals surface area contributed by atoms with Crippen LogP contribution >= 0.6 is 0 Å². The van der Waals surface area contributed by atoms with E-state index >= 15 is 0 Å². The Morgan fingerprint density at radius 2 is 2.00 bits per heavy atom. The van der Waals surface area contributed by atoms with Crippen LogP contribution in [-0.2, 0) is 0 Å². The van der Waals surface area contributed by atoms with E-state index in [2.05, 4.69) is 9.97 Å². The first-order chi connectivity index (χ1) is 6.18. The molecule has 0 unspecified atom stereocenters. The lowest BCUT2D eigenvalue weighted by Gasteiger charge is -1.94. The summed E-state index contributed by atoms with van der Waals surface area (Å²) in [6.45, 7) is 0. The van der Waals surface area contributed by atoms with Crippen molar-refractivity contribution in [3.8, 4) is 0 Å². The van der Waals surface area contributed by atoms with E-state index in [0.29, 0.717) is 0 Å². The summed E-state index contributed by atoms with van der Waals surface area (Å²) in [6.07, 6.45) is 2.13. The van der Waals surface area contributed by atoms with Gasteiger partial charge in [-0.15, -0.1) is 0 Å². The lowest BCUT2D eigenvalue weighted by atomic mass is 10.3. The molecule has 2 heterocycles. The molecule has 66 valence electrons. The molecule has 0 atom stereocenters. The molecule has 0 radical (unpaired) electrons. The van der Waals surface area contributed by atoms with E-state index in [1.807, 2.05) is 4.98 Å². The number of pyridine rings is 1. The summed E-state index contributed by atoms with van der Waals surface area (Å²) in [5.74, 6) is -0.755. The molecule has 0 amide bonds. The van der Waals surface area contributed by atoms with E-state index in [4.69, 9.17) is 0 Å². The molecule has 0 aromatic carbocycles. The summed E-state index contributed by atoms with van der Waals surface area (Å²) >= 11 is 0. The molecule has 2 N–H and O–H groups in total. The third kappa shape index (κ3) is 1.12. The number of H-pyrrole nitrogens is 2. The van der Waals surface area contributed by atoms with Gasteiger partial charge in [-0.05, 0) is 0 Å². The number of rotatable bonds is 0. The lowest BCUT2D eigenvalue weighted by molar-refractivity contribution is 0.632. The van der Waals surface area contributed by atoms with Gasteiger partial charge in [0.1, 0.15) is 5.39 Å². The Morgan fingerprint density at radius 1 is 1.23 bits per heavy atom. The number of nitrogens with one attached hydrogen (secondary N) is 2. The van der Waals surface area contributed by atoms with Crippen LogP contribution in [0.25, 0.3) is 10.9 Å². The second kappa shape index (κ2) is 2.51. The van der Waals surface area contributed by atoms with Crippen molar-refractivity contribution in [2.45, 2.75) is 0 Å². The van der Waals surface area contributed by atoms with Crippen molar-refractivity contribution < 1.29 is 4.39 Å². The summed E-state index contributed by atoms with van der Waals surface area (Å²) in [5.41, 5.74) is -1.34. The highest BCUT2D eigenvalue weighted by atomic mass is 19.1. The Balaban J connectivity index is 3.12. The van der Waals surface area contributed by atoms with Crippen LogP contribution in [0.4, 0.5) is 4.39 Å². The Labute approximate surface area is 70.3 Å². The monoisotopic (exact) mass is 181 g/mol. The van der Waals surface area contributed by atoms with Crippen LogP contribution in [0.15, 0.2) is 22.0 Å². The fourth-order valence-electron chi connectivity index (χ4n) is 1.08. The van der Waals surface area contributed by atoms with Crippen LogP contribution in [0.2, 0.25) is 0 Å². The summed E-state index contributed by atoms with van der Waals surface area (Å²) in [7, 11) is 0. The maximum atomic E-state index is 13.0. The highest BCUT2D eigenvalue weighted by molar-refractivity contribution is 5.76. The molecule has 2 rings (SSSR count). The van der Waals surface area contributed by atoms with Crippen molar-refractivity contribution in [1.82, 2.24) is 15.0 Å². The minimum atomic E-state index is -0.755. The zero-order valence-corrected chi connectivity index (χ0v) is 6.30. The van der Waals surface area contributed by atoms with Crippen LogP contribution in [-0.4, -0.2) is 15.0 Å². The molecule has 0 bridgehead atoms. The maximum absolute atomic E-state index is 13.0. The Bertz CT molecular complexity index is 572. The Hall–Kier alpha value is -1.98. The number of aromatic amines is 2. The first-order valence-electron chi connectivity index (χ1n) is 3.44. The van der Waals surface area contributed by atoms with Crippen LogP contribution in [0.3, 0.4) is 0 Å². The predicted octanol–water partition coefficient (Wildman–Crippen LogP) is -0.249. The lowest BCUT2D eigenvalue weighted by Crippen LogP contribution is -2.22. The quantitative estimate of drug-likeness (QED) is 0.588. The molecule has 0 aliphatic carbocycles. The highest BCUT2D eigenvalue weighted by Crippen LogP contribution is 2.05. The average Bonchev–Trinajstić information content (AvgIpc) is 2.02. The van der Waals surface area contributed by atoms with Gasteiger partial charge in [0, 0.05) is 0 Å². The smallest absolute Gasteiger partial charge is 0.305 e. The molecule has 0 spiro atoms. The van der Waals surface area contributed by atoms with Gasteiger partial charge >= 0.3 is 5.69 Å². The van der Waals surface area contributed by atoms with Crippen molar-refractivity contribution in [1.29, 1.82) is 0 Å². The second-order valence-corrected chi connectivity index (χ2v) is 2.45. The van der Waals surface area contributed by atoms with Gasteiger partial charge in [0.15, 0.2) is 5.82 Å². The van der Waals surface area contributed by atoms with Crippen molar-refractivity contribution in [3.63, 3.8) is 0 Å². The number of aromatic nitrogens is 3. The fourth-order valence-corrected chi connectivity index (χ4v) is 1.08. The van der Waals surface area contributed by atoms with E-state index in [-0.39, 0.29) is 10.9 Å². The molecule has 0 saturated carbocycles. The minimum Gasteiger partial charge on any atom is -0.305 e. The number of hydrogen-bond acceptors (Lipinski definition) is 3. The van der Waals surface area contributed by atoms with Gasteiger partial charge in [0.05, 0.1) is 17.9 Å². The van der Waals surface area contributed by atoms with Crippen molar-refractivity contribution in [2.24, 2.45) is 0 Å². The molecule has 2 aromatic heterocycles. The molecule has 0 aliphatic rings. The maximum Gasteiger partial charge on any atom is 0.326 e.